The topological polar surface area (TPSA) is 68.3 Å². The van der Waals surface area contributed by atoms with Crippen LogP contribution in [0.3, 0.4) is 0 Å². The second kappa shape index (κ2) is 7.77. The number of halogens is 2. The van der Waals surface area contributed by atoms with Gasteiger partial charge in [0.1, 0.15) is 0 Å². The number of aryl methyl sites for hydroxylation is 1. The smallest absolute Gasteiger partial charge is 0.305 e. The number of esters is 1. The first-order chi connectivity index (χ1) is 11.0. The molecule has 2 rings (SSSR count). The van der Waals surface area contributed by atoms with E-state index in [-0.39, 0.29) is 23.1 Å². The summed E-state index contributed by atoms with van der Waals surface area (Å²) in [5.74, 6) is -3.34. The van der Waals surface area contributed by atoms with Gasteiger partial charge in [-0.3, -0.25) is 14.9 Å². The van der Waals surface area contributed by atoms with Crippen molar-refractivity contribution >= 4 is 28.3 Å². The fourth-order valence-electron chi connectivity index (χ4n) is 1.84. The number of carbonyl (C=O) groups is 2. The number of anilines is 1. The van der Waals surface area contributed by atoms with Gasteiger partial charge in [-0.05, 0) is 25.0 Å². The first kappa shape index (κ1) is 17.0. The van der Waals surface area contributed by atoms with E-state index in [9.17, 15) is 18.4 Å². The number of rotatable bonds is 6. The highest BCUT2D eigenvalue weighted by Crippen LogP contribution is 2.19. The maximum absolute atomic E-state index is 13.5. The van der Waals surface area contributed by atoms with E-state index in [1.807, 2.05) is 0 Å². The van der Waals surface area contributed by atoms with Crippen molar-refractivity contribution in [3.05, 3.63) is 46.5 Å². The molecule has 0 atom stereocenters. The Bertz CT molecular complexity index is 718. The lowest BCUT2D eigenvalue weighted by Crippen LogP contribution is -2.14. The van der Waals surface area contributed by atoms with Crippen molar-refractivity contribution in [3.63, 3.8) is 0 Å². The standard InChI is InChI=1S/C15H14F2N2O3S/c1-22-12(20)7-2-4-9-8-23-15(18-9)19-14(21)10-5-3-6-11(16)13(10)17/h3,5-6,8H,2,4,7H2,1H3,(H,18,19,21). The molecule has 8 heteroatoms. The Kier molecular flexibility index (Phi) is 5.75. The third-order valence-electron chi connectivity index (χ3n) is 3.01. The van der Waals surface area contributed by atoms with Gasteiger partial charge in [0.05, 0.1) is 18.4 Å². The molecule has 1 amide bonds. The van der Waals surface area contributed by atoms with E-state index in [4.69, 9.17) is 0 Å². The van der Waals surface area contributed by atoms with Gasteiger partial charge in [0.25, 0.3) is 5.91 Å². The number of nitrogens with one attached hydrogen (secondary N) is 1. The third-order valence-corrected chi connectivity index (χ3v) is 3.82. The molecule has 1 aromatic heterocycles. The zero-order valence-corrected chi connectivity index (χ0v) is 13.1. The lowest BCUT2D eigenvalue weighted by Gasteiger charge is -2.03. The Morgan fingerprint density at radius 2 is 2.13 bits per heavy atom. The molecule has 0 radical (unpaired) electrons. The van der Waals surface area contributed by atoms with Gasteiger partial charge in [-0.15, -0.1) is 11.3 Å². The summed E-state index contributed by atoms with van der Waals surface area (Å²) in [5, 5.41) is 4.44. The number of hydrogen-bond acceptors (Lipinski definition) is 5. The molecule has 0 aliphatic rings. The fraction of sp³-hybridized carbons (Fsp3) is 0.267. The van der Waals surface area contributed by atoms with Crippen molar-refractivity contribution in [1.82, 2.24) is 4.98 Å². The van der Waals surface area contributed by atoms with Gasteiger partial charge < -0.3 is 4.74 Å². The minimum absolute atomic E-state index is 0.282. The summed E-state index contributed by atoms with van der Waals surface area (Å²) < 4.78 is 31.2. The van der Waals surface area contributed by atoms with E-state index >= 15 is 0 Å². The predicted molar refractivity (Wildman–Crippen MR) is 81.4 cm³/mol. The average Bonchev–Trinajstić information content (AvgIpc) is 2.97. The van der Waals surface area contributed by atoms with Gasteiger partial charge in [-0.1, -0.05) is 6.07 Å². The monoisotopic (exact) mass is 340 g/mol. The fourth-order valence-corrected chi connectivity index (χ4v) is 2.58. The van der Waals surface area contributed by atoms with Gasteiger partial charge in [0.15, 0.2) is 16.8 Å². The molecular formula is C15H14F2N2O3S. The van der Waals surface area contributed by atoms with Crippen molar-refractivity contribution in [2.24, 2.45) is 0 Å². The number of ether oxygens (including phenoxy) is 1. The summed E-state index contributed by atoms with van der Waals surface area (Å²) in [4.78, 5) is 27.1. The summed E-state index contributed by atoms with van der Waals surface area (Å²) in [6, 6.07) is 3.39. The molecule has 0 aliphatic heterocycles. The zero-order chi connectivity index (χ0) is 16.8. The lowest BCUT2D eigenvalue weighted by atomic mass is 10.2. The van der Waals surface area contributed by atoms with Crippen molar-refractivity contribution in [3.8, 4) is 0 Å². The van der Waals surface area contributed by atoms with Gasteiger partial charge in [0.2, 0.25) is 0 Å². The summed E-state index contributed by atoms with van der Waals surface area (Å²) in [6.07, 6.45) is 1.41. The Morgan fingerprint density at radius 1 is 1.35 bits per heavy atom. The molecule has 0 saturated carbocycles. The lowest BCUT2D eigenvalue weighted by molar-refractivity contribution is -0.140. The number of nitrogens with zero attached hydrogens (tertiary/aromatic N) is 1. The van der Waals surface area contributed by atoms with Gasteiger partial charge in [0, 0.05) is 11.8 Å². The van der Waals surface area contributed by atoms with Crippen molar-refractivity contribution in [2.45, 2.75) is 19.3 Å². The maximum atomic E-state index is 13.5. The number of hydrogen-bond donors (Lipinski definition) is 1. The van der Waals surface area contributed by atoms with E-state index in [1.165, 1.54) is 30.6 Å². The van der Waals surface area contributed by atoms with Crippen molar-refractivity contribution in [1.29, 1.82) is 0 Å². The van der Waals surface area contributed by atoms with Crippen LogP contribution in [0, 0.1) is 11.6 Å². The quantitative estimate of drug-likeness (QED) is 0.820. The highest BCUT2D eigenvalue weighted by Gasteiger charge is 2.16. The second-order valence-corrected chi connectivity index (χ2v) is 5.49. The molecule has 1 aromatic carbocycles. The van der Waals surface area contributed by atoms with Crippen LogP contribution >= 0.6 is 11.3 Å². The van der Waals surface area contributed by atoms with Crippen LogP contribution in [-0.4, -0.2) is 24.0 Å². The molecule has 1 heterocycles. The van der Waals surface area contributed by atoms with Gasteiger partial charge >= 0.3 is 5.97 Å². The third kappa shape index (κ3) is 4.56. The Morgan fingerprint density at radius 3 is 2.87 bits per heavy atom. The van der Waals surface area contributed by atoms with Gasteiger partial charge in [-0.2, -0.15) is 0 Å². The molecule has 1 N–H and O–H groups in total. The summed E-state index contributed by atoms with van der Waals surface area (Å²) in [6.45, 7) is 0. The molecule has 2 aromatic rings. The molecular weight excluding hydrogens is 326 g/mol. The Hall–Kier alpha value is -2.35. The van der Waals surface area contributed by atoms with E-state index in [1.54, 1.807) is 5.38 Å². The van der Waals surface area contributed by atoms with E-state index in [0.29, 0.717) is 18.5 Å². The Balaban J connectivity index is 1.95. The van der Waals surface area contributed by atoms with Crippen LogP contribution in [0.2, 0.25) is 0 Å². The first-order valence-corrected chi connectivity index (χ1v) is 7.66. The summed E-state index contributed by atoms with van der Waals surface area (Å²) in [5.41, 5.74) is 0.321. The zero-order valence-electron chi connectivity index (χ0n) is 12.3. The highest BCUT2D eigenvalue weighted by atomic mass is 32.1. The van der Waals surface area contributed by atoms with Crippen LogP contribution in [-0.2, 0) is 16.0 Å². The number of aromatic nitrogens is 1. The van der Waals surface area contributed by atoms with Crippen LogP contribution in [0.1, 0.15) is 28.9 Å². The summed E-state index contributed by atoms with van der Waals surface area (Å²) in [7, 11) is 1.32. The normalized spacial score (nSPS) is 10.4. The molecule has 23 heavy (non-hydrogen) atoms. The molecule has 122 valence electrons. The van der Waals surface area contributed by atoms with Gasteiger partial charge in [-0.25, -0.2) is 13.8 Å². The molecule has 0 fully saturated rings. The second-order valence-electron chi connectivity index (χ2n) is 4.63. The minimum Gasteiger partial charge on any atom is -0.469 e. The van der Waals surface area contributed by atoms with Crippen LogP contribution < -0.4 is 5.32 Å². The SMILES string of the molecule is COC(=O)CCCc1csc(NC(=O)c2cccc(F)c2F)n1. The van der Waals surface area contributed by atoms with Crippen molar-refractivity contribution < 1.29 is 23.1 Å². The number of thiazole rings is 1. The molecule has 0 saturated heterocycles. The molecule has 0 bridgehead atoms. The molecule has 0 unspecified atom stereocenters. The largest absolute Gasteiger partial charge is 0.469 e. The van der Waals surface area contributed by atoms with Crippen LogP contribution in [0.15, 0.2) is 23.6 Å². The molecule has 5 nitrogen and oxygen atoms in total. The number of carbonyl (C=O) groups excluding carboxylic acids is 2. The number of benzene rings is 1. The van der Waals surface area contributed by atoms with E-state index < -0.39 is 17.5 Å². The Labute approximate surface area is 135 Å². The minimum atomic E-state index is -1.19. The first-order valence-electron chi connectivity index (χ1n) is 6.78. The number of methoxy groups -OCH3 is 1. The van der Waals surface area contributed by atoms with E-state index in [0.717, 1.165) is 6.07 Å². The predicted octanol–water partition coefficient (Wildman–Crippen LogP) is 3.17. The maximum Gasteiger partial charge on any atom is 0.305 e. The van der Waals surface area contributed by atoms with Crippen molar-refractivity contribution in [2.75, 3.05) is 12.4 Å². The highest BCUT2D eigenvalue weighted by molar-refractivity contribution is 7.13. The van der Waals surface area contributed by atoms with Crippen LogP contribution in [0.25, 0.3) is 0 Å². The van der Waals surface area contributed by atoms with Crippen LogP contribution in [0.5, 0.6) is 0 Å². The molecule has 0 aliphatic carbocycles. The average molecular weight is 340 g/mol. The summed E-state index contributed by atoms with van der Waals surface area (Å²) >= 11 is 1.17. The molecule has 0 spiro atoms. The van der Waals surface area contributed by atoms with Crippen LogP contribution in [0.4, 0.5) is 13.9 Å². The number of amides is 1. The van der Waals surface area contributed by atoms with E-state index in [2.05, 4.69) is 15.0 Å².